The first-order valence-corrected chi connectivity index (χ1v) is 3.02. The van der Waals surface area contributed by atoms with Crippen LogP contribution in [0.4, 0.5) is 0 Å². The van der Waals surface area contributed by atoms with Crippen LogP contribution in [0.5, 0.6) is 0 Å². The molecule has 1 heterocycles. The number of carboxylic acids is 1. The third-order valence-corrected chi connectivity index (χ3v) is 1.33. The van der Waals surface area contributed by atoms with Crippen LogP contribution in [0.3, 0.4) is 0 Å². The standard InChI is InChI=1S/C6H3ClO4/c7-5(6(9)10)3-1-2-4(8)11-3/h1-2H,(H,9,10)/b5-3+. The fraction of sp³-hybridized carbons (Fsp3) is 0. The van der Waals surface area contributed by atoms with Crippen LogP contribution >= 0.6 is 11.6 Å². The highest BCUT2D eigenvalue weighted by molar-refractivity contribution is 6.41. The predicted molar refractivity (Wildman–Crippen MR) is 35.7 cm³/mol. The molecule has 1 N–H and O–H groups in total. The van der Waals surface area contributed by atoms with Gasteiger partial charge in [0, 0.05) is 6.08 Å². The minimum absolute atomic E-state index is 0.121. The van der Waals surface area contributed by atoms with E-state index >= 15 is 0 Å². The number of ether oxygens (including phenoxy) is 1. The van der Waals surface area contributed by atoms with Crippen molar-refractivity contribution in [2.24, 2.45) is 0 Å². The number of esters is 1. The Labute approximate surface area is 66.7 Å². The van der Waals surface area contributed by atoms with Gasteiger partial charge in [-0.25, -0.2) is 9.59 Å². The molecule has 0 spiro atoms. The lowest BCUT2D eigenvalue weighted by molar-refractivity contribution is -0.133. The predicted octanol–water partition coefficient (Wildman–Crippen LogP) is 0.634. The summed E-state index contributed by atoms with van der Waals surface area (Å²) in [6, 6.07) is 0. The molecule has 1 rings (SSSR count). The normalized spacial score (nSPS) is 19.9. The maximum absolute atomic E-state index is 10.4. The van der Waals surface area contributed by atoms with Gasteiger partial charge in [0.25, 0.3) is 0 Å². The summed E-state index contributed by atoms with van der Waals surface area (Å²) in [7, 11) is 0. The molecule has 0 amide bonds. The van der Waals surface area contributed by atoms with Gasteiger partial charge in [0.1, 0.15) is 0 Å². The summed E-state index contributed by atoms with van der Waals surface area (Å²) in [4.78, 5) is 20.6. The molecule has 58 valence electrons. The average molecular weight is 175 g/mol. The van der Waals surface area contributed by atoms with Gasteiger partial charge in [-0.05, 0) is 6.08 Å². The molecule has 0 aromatic carbocycles. The summed E-state index contributed by atoms with van der Waals surface area (Å²) in [5.74, 6) is -2.05. The lowest BCUT2D eigenvalue weighted by Gasteiger charge is -1.95. The molecule has 5 heteroatoms. The topological polar surface area (TPSA) is 63.6 Å². The van der Waals surface area contributed by atoms with Crippen LogP contribution in [0, 0.1) is 0 Å². The van der Waals surface area contributed by atoms with Gasteiger partial charge in [-0.2, -0.15) is 0 Å². The maximum atomic E-state index is 10.4. The van der Waals surface area contributed by atoms with Crippen LogP contribution < -0.4 is 0 Å². The Bertz CT molecular complexity index is 276. The SMILES string of the molecule is O=C1C=C/C(=C(\Cl)C(=O)O)O1. The molecular weight excluding hydrogens is 172 g/mol. The van der Waals surface area contributed by atoms with Crippen molar-refractivity contribution in [3.8, 4) is 0 Å². The van der Waals surface area contributed by atoms with E-state index < -0.39 is 17.0 Å². The van der Waals surface area contributed by atoms with Crippen molar-refractivity contribution in [3.05, 3.63) is 22.9 Å². The number of rotatable bonds is 1. The highest BCUT2D eigenvalue weighted by atomic mass is 35.5. The minimum Gasteiger partial charge on any atom is -0.477 e. The molecule has 4 nitrogen and oxygen atoms in total. The first-order chi connectivity index (χ1) is 5.11. The summed E-state index contributed by atoms with van der Waals surface area (Å²) in [6.07, 6.45) is 2.30. The number of allylic oxidation sites excluding steroid dienone is 1. The smallest absolute Gasteiger partial charge is 0.351 e. The highest BCUT2D eigenvalue weighted by Gasteiger charge is 2.17. The van der Waals surface area contributed by atoms with Gasteiger partial charge >= 0.3 is 11.9 Å². The van der Waals surface area contributed by atoms with Gasteiger partial charge in [-0.1, -0.05) is 11.6 Å². The van der Waals surface area contributed by atoms with E-state index in [1.165, 1.54) is 6.08 Å². The van der Waals surface area contributed by atoms with Gasteiger partial charge in [0.15, 0.2) is 10.8 Å². The van der Waals surface area contributed by atoms with Gasteiger partial charge in [-0.3, -0.25) is 0 Å². The molecule has 11 heavy (non-hydrogen) atoms. The van der Waals surface area contributed by atoms with Crippen molar-refractivity contribution in [3.63, 3.8) is 0 Å². The number of carboxylic acid groups (broad SMARTS) is 1. The molecule has 1 aliphatic rings. The second-order valence-corrected chi connectivity index (χ2v) is 2.12. The molecule has 0 bridgehead atoms. The Hall–Kier alpha value is -1.29. The summed E-state index contributed by atoms with van der Waals surface area (Å²) in [6.45, 7) is 0. The van der Waals surface area contributed by atoms with E-state index in [0.717, 1.165) is 6.08 Å². The summed E-state index contributed by atoms with van der Waals surface area (Å²) in [5, 5.41) is 7.82. The van der Waals surface area contributed by atoms with Crippen molar-refractivity contribution in [2.75, 3.05) is 0 Å². The van der Waals surface area contributed by atoms with Crippen molar-refractivity contribution in [1.29, 1.82) is 0 Å². The lowest BCUT2D eigenvalue weighted by Crippen LogP contribution is -1.99. The molecule has 1 aliphatic heterocycles. The zero-order chi connectivity index (χ0) is 8.43. The minimum atomic E-state index is -1.32. The van der Waals surface area contributed by atoms with Gasteiger partial charge in [0.05, 0.1) is 0 Å². The highest BCUT2D eigenvalue weighted by Crippen LogP contribution is 2.17. The number of aliphatic carboxylic acids is 1. The first kappa shape index (κ1) is 7.81. The Morgan fingerprint density at radius 1 is 1.55 bits per heavy atom. The number of cyclic esters (lactones) is 1. The van der Waals surface area contributed by atoms with Crippen LogP contribution in [0.25, 0.3) is 0 Å². The van der Waals surface area contributed by atoms with E-state index in [1.807, 2.05) is 0 Å². The zero-order valence-corrected chi connectivity index (χ0v) is 5.96. The fourth-order valence-electron chi connectivity index (χ4n) is 0.544. The van der Waals surface area contributed by atoms with Gasteiger partial charge in [-0.15, -0.1) is 0 Å². The van der Waals surface area contributed by atoms with Gasteiger partial charge < -0.3 is 9.84 Å². The Balaban J connectivity index is 2.92. The van der Waals surface area contributed by atoms with Crippen molar-refractivity contribution >= 4 is 23.5 Å². The number of carbonyl (C=O) groups excluding carboxylic acids is 1. The van der Waals surface area contributed by atoms with E-state index in [1.54, 1.807) is 0 Å². The van der Waals surface area contributed by atoms with Crippen molar-refractivity contribution < 1.29 is 19.4 Å². The number of hydrogen-bond acceptors (Lipinski definition) is 3. The zero-order valence-electron chi connectivity index (χ0n) is 5.20. The third kappa shape index (κ3) is 1.59. The molecule has 0 unspecified atom stereocenters. The molecule has 0 aliphatic carbocycles. The fourth-order valence-corrected chi connectivity index (χ4v) is 0.645. The van der Waals surface area contributed by atoms with E-state index in [-0.39, 0.29) is 5.76 Å². The Morgan fingerprint density at radius 3 is 2.55 bits per heavy atom. The molecular formula is C6H3ClO4. The van der Waals surface area contributed by atoms with Crippen LogP contribution in [0.15, 0.2) is 22.9 Å². The lowest BCUT2D eigenvalue weighted by atomic mass is 10.4. The van der Waals surface area contributed by atoms with Crippen LogP contribution in [0.1, 0.15) is 0 Å². The molecule has 0 fully saturated rings. The van der Waals surface area contributed by atoms with E-state index in [9.17, 15) is 9.59 Å². The Morgan fingerprint density at radius 2 is 2.18 bits per heavy atom. The third-order valence-electron chi connectivity index (χ3n) is 0.985. The summed E-state index contributed by atoms with van der Waals surface area (Å²) < 4.78 is 4.40. The molecule has 0 aromatic rings. The summed E-state index contributed by atoms with van der Waals surface area (Å²) >= 11 is 5.24. The molecule has 0 saturated carbocycles. The molecule has 0 atom stereocenters. The van der Waals surface area contributed by atoms with Crippen LogP contribution in [-0.4, -0.2) is 17.0 Å². The van der Waals surface area contributed by atoms with E-state index in [0.29, 0.717) is 0 Å². The first-order valence-electron chi connectivity index (χ1n) is 2.64. The molecule has 0 saturated heterocycles. The van der Waals surface area contributed by atoms with E-state index in [2.05, 4.69) is 4.74 Å². The molecule has 0 radical (unpaired) electrons. The van der Waals surface area contributed by atoms with E-state index in [4.69, 9.17) is 16.7 Å². The van der Waals surface area contributed by atoms with Crippen molar-refractivity contribution in [2.45, 2.75) is 0 Å². The monoisotopic (exact) mass is 174 g/mol. The molecule has 0 aromatic heterocycles. The van der Waals surface area contributed by atoms with Gasteiger partial charge in [0.2, 0.25) is 0 Å². The second kappa shape index (κ2) is 2.75. The average Bonchev–Trinajstić information content (AvgIpc) is 2.34. The second-order valence-electron chi connectivity index (χ2n) is 1.74. The van der Waals surface area contributed by atoms with Crippen LogP contribution in [0.2, 0.25) is 0 Å². The number of hydrogen-bond donors (Lipinski definition) is 1. The maximum Gasteiger partial charge on any atom is 0.351 e. The quantitative estimate of drug-likeness (QED) is 0.468. The number of halogens is 1. The summed E-state index contributed by atoms with van der Waals surface area (Å²) in [5.41, 5.74) is 0. The Kier molecular flexibility index (Phi) is 1.96. The van der Waals surface area contributed by atoms with Crippen molar-refractivity contribution in [1.82, 2.24) is 0 Å². The van der Waals surface area contributed by atoms with Crippen LogP contribution in [-0.2, 0) is 14.3 Å². The number of carbonyl (C=O) groups is 2. The largest absolute Gasteiger partial charge is 0.477 e.